The summed E-state index contributed by atoms with van der Waals surface area (Å²) in [5, 5.41) is 7.07. The Morgan fingerprint density at radius 1 is 1.11 bits per heavy atom. The number of hydrogen-bond acceptors (Lipinski definition) is 4. The van der Waals surface area contributed by atoms with E-state index in [9.17, 15) is 4.79 Å². The lowest BCUT2D eigenvalue weighted by molar-refractivity contribution is -0.114. The van der Waals surface area contributed by atoms with Crippen LogP contribution in [0.15, 0.2) is 53.1 Å². The van der Waals surface area contributed by atoms with E-state index >= 15 is 0 Å². The van der Waals surface area contributed by atoms with E-state index in [1.807, 2.05) is 24.3 Å². The lowest BCUT2D eigenvalue weighted by Crippen LogP contribution is -2.05. The maximum absolute atomic E-state index is 11.1. The molecule has 0 spiro atoms. The highest BCUT2D eigenvalue weighted by Gasteiger charge is 2.12. The van der Waals surface area contributed by atoms with Crippen LogP contribution in [0.2, 0.25) is 0 Å². The van der Waals surface area contributed by atoms with Gasteiger partial charge in [-0.05, 0) is 35.3 Å². The van der Waals surface area contributed by atoms with Crippen molar-refractivity contribution in [2.45, 2.75) is 26.7 Å². The predicted octanol–water partition coefficient (Wildman–Crippen LogP) is 5.56. The standard InChI is InChI=1S/C21H20ClN3O2/c1-13(2)16-6-8-17(9-7-16)20-24-21(27-25-20)19(22)12-15-4-10-18(11-5-15)23-14(3)26/h4-13H,1-3H3,(H,23,26)/b19-12-. The molecule has 0 saturated heterocycles. The number of anilines is 1. The Kier molecular flexibility index (Phi) is 5.72. The summed E-state index contributed by atoms with van der Waals surface area (Å²) < 4.78 is 5.29. The molecular weight excluding hydrogens is 362 g/mol. The van der Waals surface area contributed by atoms with Gasteiger partial charge in [-0.25, -0.2) is 0 Å². The number of hydrogen-bond donors (Lipinski definition) is 1. The molecule has 1 aromatic heterocycles. The van der Waals surface area contributed by atoms with Crippen LogP contribution in [-0.4, -0.2) is 16.0 Å². The highest BCUT2D eigenvalue weighted by molar-refractivity contribution is 6.50. The molecule has 1 amide bonds. The van der Waals surface area contributed by atoms with E-state index in [4.69, 9.17) is 16.1 Å². The normalized spacial score (nSPS) is 11.7. The average Bonchev–Trinajstić information content (AvgIpc) is 3.13. The maximum atomic E-state index is 11.1. The molecule has 0 aliphatic heterocycles. The number of halogens is 1. The van der Waals surface area contributed by atoms with Gasteiger partial charge in [0.1, 0.15) is 5.03 Å². The van der Waals surface area contributed by atoms with Gasteiger partial charge in [0.2, 0.25) is 11.7 Å². The zero-order chi connectivity index (χ0) is 19.4. The van der Waals surface area contributed by atoms with Crippen LogP contribution < -0.4 is 5.32 Å². The van der Waals surface area contributed by atoms with E-state index in [0.717, 1.165) is 16.8 Å². The van der Waals surface area contributed by atoms with Crippen molar-refractivity contribution in [3.05, 3.63) is 65.5 Å². The zero-order valence-electron chi connectivity index (χ0n) is 15.4. The van der Waals surface area contributed by atoms with E-state index in [-0.39, 0.29) is 11.8 Å². The van der Waals surface area contributed by atoms with Gasteiger partial charge in [-0.2, -0.15) is 4.98 Å². The summed E-state index contributed by atoms with van der Waals surface area (Å²) in [6.45, 7) is 5.76. The number of nitrogens with zero attached hydrogens (tertiary/aromatic N) is 2. The summed E-state index contributed by atoms with van der Waals surface area (Å²) >= 11 is 6.33. The molecule has 0 aliphatic rings. The van der Waals surface area contributed by atoms with Gasteiger partial charge in [-0.15, -0.1) is 0 Å². The minimum Gasteiger partial charge on any atom is -0.333 e. The number of nitrogens with one attached hydrogen (secondary N) is 1. The lowest BCUT2D eigenvalue weighted by Gasteiger charge is -2.04. The van der Waals surface area contributed by atoms with Crippen molar-refractivity contribution in [1.29, 1.82) is 0 Å². The van der Waals surface area contributed by atoms with Gasteiger partial charge in [0.15, 0.2) is 0 Å². The highest BCUT2D eigenvalue weighted by atomic mass is 35.5. The van der Waals surface area contributed by atoms with Gasteiger partial charge >= 0.3 is 0 Å². The minimum absolute atomic E-state index is 0.115. The summed E-state index contributed by atoms with van der Waals surface area (Å²) in [4.78, 5) is 15.4. The molecule has 0 atom stereocenters. The van der Waals surface area contributed by atoms with E-state index in [0.29, 0.717) is 16.8 Å². The van der Waals surface area contributed by atoms with Crippen LogP contribution in [-0.2, 0) is 4.79 Å². The van der Waals surface area contributed by atoms with Crippen molar-refractivity contribution in [2.24, 2.45) is 0 Å². The van der Waals surface area contributed by atoms with Crippen LogP contribution in [0.4, 0.5) is 5.69 Å². The Morgan fingerprint density at radius 2 is 1.78 bits per heavy atom. The van der Waals surface area contributed by atoms with Crippen molar-refractivity contribution in [1.82, 2.24) is 10.1 Å². The van der Waals surface area contributed by atoms with Gasteiger partial charge in [0.05, 0.1) is 0 Å². The quantitative estimate of drug-likeness (QED) is 0.628. The molecule has 3 aromatic rings. The van der Waals surface area contributed by atoms with Gasteiger partial charge in [-0.3, -0.25) is 4.79 Å². The first kappa shape index (κ1) is 18.9. The third-order valence-corrected chi connectivity index (χ3v) is 4.26. The van der Waals surface area contributed by atoms with Crippen molar-refractivity contribution < 1.29 is 9.32 Å². The second kappa shape index (κ2) is 8.18. The number of benzene rings is 2. The molecule has 0 radical (unpaired) electrons. The number of carbonyl (C=O) groups excluding carboxylic acids is 1. The van der Waals surface area contributed by atoms with Crippen LogP contribution in [0.1, 0.15) is 43.7 Å². The van der Waals surface area contributed by atoms with Gasteiger partial charge in [-0.1, -0.05) is 67.0 Å². The summed E-state index contributed by atoms with van der Waals surface area (Å²) in [5.41, 5.74) is 3.71. The smallest absolute Gasteiger partial charge is 0.269 e. The van der Waals surface area contributed by atoms with Crippen LogP contribution in [0, 0.1) is 0 Å². The molecule has 0 bridgehead atoms. The van der Waals surface area contributed by atoms with Gasteiger partial charge in [0, 0.05) is 18.2 Å². The molecule has 1 heterocycles. The molecule has 0 fully saturated rings. The summed E-state index contributed by atoms with van der Waals surface area (Å²) in [5.74, 6) is 1.10. The Bertz CT molecular complexity index is 958. The number of amides is 1. The van der Waals surface area contributed by atoms with Crippen LogP contribution in [0.25, 0.3) is 22.5 Å². The highest BCUT2D eigenvalue weighted by Crippen LogP contribution is 2.25. The second-order valence-electron chi connectivity index (χ2n) is 6.50. The van der Waals surface area contributed by atoms with E-state index in [1.54, 1.807) is 18.2 Å². The molecule has 2 aromatic carbocycles. The fourth-order valence-electron chi connectivity index (χ4n) is 2.53. The van der Waals surface area contributed by atoms with Crippen molar-refractivity contribution in [3.63, 3.8) is 0 Å². The molecule has 138 valence electrons. The number of aromatic nitrogens is 2. The molecule has 0 unspecified atom stereocenters. The van der Waals surface area contributed by atoms with Crippen molar-refractivity contribution >= 4 is 34.3 Å². The van der Waals surface area contributed by atoms with E-state index in [2.05, 4.69) is 41.4 Å². The summed E-state index contributed by atoms with van der Waals surface area (Å²) in [6.07, 6.45) is 1.73. The predicted molar refractivity (Wildman–Crippen MR) is 108 cm³/mol. The van der Waals surface area contributed by atoms with Gasteiger partial charge in [0.25, 0.3) is 5.89 Å². The SMILES string of the molecule is CC(=O)Nc1ccc(/C=C(\Cl)c2nc(-c3ccc(C(C)C)cc3)no2)cc1. The van der Waals surface area contributed by atoms with Crippen LogP contribution in [0.5, 0.6) is 0 Å². The monoisotopic (exact) mass is 381 g/mol. The Hall–Kier alpha value is -2.92. The molecule has 6 heteroatoms. The van der Waals surface area contributed by atoms with Crippen molar-refractivity contribution in [3.8, 4) is 11.4 Å². The van der Waals surface area contributed by atoms with Gasteiger partial charge < -0.3 is 9.84 Å². The fraction of sp³-hybridized carbons (Fsp3) is 0.190. The Labute approximate surface area is 163 Å². The molecule has 0 aliphatic carbocycles. The molecule has 1 N–H and O–H groups in total. The fourth-order valence-corrected chi connectivity index (χ4v) is 2.73. The van der Waals surface area contributed by atoms with Crippen LogP contribution in [0.3, 0.4) is 0 Å². The first-order valence-electron chi connectivity index (χ1n) is 8.61. The minimum atomic E-state index is -0.115. The topological polar surface area (TPSA) is 68.0 Å². The maximum Gasteiger partial charge on any atom is 0.269 e. The Balaban J connectivity index is 1.76. The van der Waals surface area contributed by atoms with Crippen molar-refractivity contribution in [2.75, 3.05) is 5.32 Å². The molecule has 3 rings (SSSR count). The summed E-state index contributed by atoms with van der Waals surface area (Å²) in [7, 11) is 0. The third kappa shape index (κ3) is 4.83. The summed E-state index contributed by atoms with van der Waals surface area (Å²) in [6, 6.07) is 15.4. The number of rotatable bonds is 5. The number of carbonyl (C=O) groups is 1. The zero-order valence-corrected chi connectivity index (χ0v) is 16.1. The lowest BCUT2D eigenvalue weighted by atomic mass is 10.0. The second-order valence-corrected chi connectivity index (χ2v) is 6.90. The molecule has 5 nitrogen and oxygen atoms in total. The molecular formula is C21H20ClN3O2. The molecule has 0 saturated carbocycles. The van der Waals surface area contributed by atoms with Crippen LogP contribution >= 0.6 is 11.6 Å². The first-order valence-corrected chi connectivity index (χ1v) is 8.99. The molecule has 27 heavy (non-hydrogen) atoms. The Morgan fingerprint density at radius 3 is 2.37 bits per heavy atom. The largest absolute Gasteiger partial charge is 0.333 e. The van der Waals surface area contributed by atoms with E-state index < -0.39 is 0 Å². The third-order valence-electron chi connectivity index (χ3n) is 3.99. The first-order chi connectivity index (χ1) is 12.9. The average molecular weight is 382 g/mol. The van der Waals surface area contributed by atoms with E-state index in [1.165, 1.54) is 12.5 Å².